The summed E-state index contributed by atoms with van der Waals surface area (Å²) < 4.78 is 11.0. The Morgan fingerprint density at radius 1 is 1.00 bits per heavy atom. The molecule has 2 aromatic carbocycles. The number of likely N-dealkylation sites (N-methyl/N-ethyl adjacent to an activating group) is 1. The summed E-state index contributed by atoms with van der Waals surface area (Å²) in [5.41, 5.74) is 4.10. The van der Waals surface area contributed by atoms with Crippen molar-refractivity contribution in [2.45, 2.75) is 26.3 Å². The minimum Gasteiger partial charge on any atom is -0.497 e. The third-order valence-corrected chi connectivity index (χ3v) is 6.62. The van der Waals surface area contributed by atoms with E-state index in [4.69, 9.17) is 14.6 Å². The standard InChI is InChI=1S/C26H34N4O3/c1-5-28-12-14-29(15-13-28)18-26(31)30-24(22-11-10-21(32-3)16-25(22)33-4)17-23(27-30)20-8-6-19(2)7-9-20/h6-11,16,24H,5,12-15,17-18H2,1-4H3. The van der Waals surface area contributed by atoms with Gasteiger partial charge < -0.3 is 14.4 Å². The van der Waals surface area contributed by atoms with Crippen LogP contribution >= 0.6 is 0 Å². The highest BCUT2D eigenvalue weighted by atomic mass is 16.5. The number of amides is 1. The Morgan fingerprint density at radius 3 is 2.33 bits per heavy atom. The van der Waals surface area contributed by atoms with Crippen LogP contribution in [0.1, 0.15) is 36.1 Å². The highest BCUT2D eigenvalue weighted by molar-refractivity contribution is 6.03. The fourth-order valence-electron chi connectivity index (χ4n) is 4.52. The van der Waals surface area contributed by atoms with E-state index in [0.717, 1.165) is 55.3 Å². The average Bonchev–Trinajstić information content (AvgIpc) is 3.30. The van der Waals surface area contributed by atoms with Crippen LogP contribution in [0.5, 0.6) is 11.5 Å². The van der Waals surface area contributed by atoms with E-state index in [1.54, 1.807) is 19.2 Å². The molecule has 0 spiro atoms. The maximum Gasteiger partial charge on any atom is 0.257 e. The SMILES string of the molecule is CCN1CCN(CC(=O)N2N=C(c3ccc(C)cc3)CC2c2ccc(OC)cc2OC)CC1. The molecule has 0 radical (unpaired) electrons. The highest BCUT2D eigenvalue weighted by Gasteiger charge is 2.35. The molecule has 7 heteroatoms. The molecule has 0 aromatic heterocycles. The summed E-state index contributed by atoms with van der Waals surface area (Å²) in [6.07, 6.45) is 0.640. The second-order valence-corrected chi connectivity index (χ2v) is 8.69. The van der Waals surface area contributed by atoms with E-state index in [9.17, 15) is 4.79 Å². The van der Waals surface area contributed by atoms with Crippen LogP contribution < -0.4 is 9.47 Å². The van der Waals surface area contributed by atoms with Gasteiger partial charge in [0.05, 0.1) is 32.5 Å². The van der Waals surface area contributed by atoms with Gasteiger partial charge in [-0.15, -0.1) is 0 Å². The summed E-state index contributed by atoms with van der Waals surface area (Å²) in [5.74, 6) is 1.44. The Balaban J connectivity index is 1.60. The lowest BCUT2D eigenvalue weighted by Gasteiger charge is -2.34. The number of hydrogen-bond donors (Lipinski definition) is 0. The van der Waals surface area contributed by atoms with Crippen molar-refractivity contribution in [1.29, 1.82) is 0 Å². The van der Waals surface area contributed by atoms with E-state index in [2.05, 4.69) is 47.9 Å². The van der Waals surface area contributed by atoms with E-state index >= 15 is 0 Å². The predicted molar refractivity (Wildman–Crippen MR) is 130 cm³/mol. The van der Waals surface area contributed by atoms with Crippen LogP contribution in [0.4, 0.5) is 0 Å². The zero-order valence-corrected chi connectivity index (χ0v) is 20.1. The Hall–Kier alpha value is -2.90. The number of nitrogens with zero attached hydrogens (tertiary/aromatic N) is 4. The molecule has 1 amide bonds. The molecule has 1 fully saturated rings. The molecule has 1 unspecified atom stereocenters. The first-order chi connectivity index (χ1) is 16.0. The minimum atomic E-state index is -0.216. The van der Waals surface area contributed by atoms with Crippen LogP contribution in [0.2, 0.25) is 0 Å². The summed E-state index contributed by atoms with van der Waals surface area (Å²) in [6, 6.07) is 13.9. The van der Waals surface area contributed by atoms with Crippen molar-refractivity contribution in [3.63, 3.8) is 0 Å². The zero-order valence-electron chi connectivity index (χ0n) is 20.1. The van der Waals surface area contributed by atoms with Gasteiger partial charge in [0.1, 0.15) is 11.5 Å². The van der Waals surface area contributed by atoms with Crippen LogP contribution in [0.15, 0.2) is 47.6 Å². The van der Waals surface area contributed by atoms with Gasteiger partial charge in [-0.1, -0.05) is 36.8 Å². The topological polar surface area (TPSA) is 57.6 Å². The second kappa shape index (κ2) is 10.4. The normalized spacial score (nSPS) is 19.5. The van der Waals surface area contributed by atoms with Crippen molar-refractivity contribution in [3.8, 4) is 11.5 Å². The first-order valence-corrected chi connectivity index (χ1v) is 11.7. The van der Waals surface area contributed by atoms with Crippen LogP contribution in [-0.2, 0) is 4.79 Å². The monoisotopic (exact) mass is 450 g/mol. The molecule has 176 valence electrons. The van der Waals surface area contributed by atoms with Crippen molar-refractivity contribution in [2.24, 2.45) is 5.10 Å². The lowest BCUT2D eigenvalue weighted by atomic mass is 9.97. The Morgan fingerprint density at radius 2 is 1.70 bits per heavy atom. The molecule has 2 heterocycles. The molecule has 33 heavy (non-hydrogen) atoms. The van der Waals surface area contributed by atoms with Crippen LogP contribution in [0, 0.1) is 6.92 Å². The summed E-state index contributed by atoms with van der Waals surface area (Å²) in [5, 5.41) is 6.51. The molecule has 2 aliphatic rings. The number of carbonyl (C=O) groups excluding carboxylic acids is 1. The smallest absolute Gasteiger partial charge is 0.257 e. The van der Waals surface area contributed by atoms with Gasteiger partial charge in [-0.25, -0.2) is 5.01 Å². The number of ether oxygens (including phenoxy) is 2. The van der Waals surface area contributed by atoms with Gasteiger partial charge in [-0.2, -0.15) is 5.10 Å². The van der Waals surface area contributed by atoms with Gasteiger partial charge in [0.2, 0.25) is 0 Å². The van der Waals surface area contributed by atoms with E-state index in [1.165, 1.54) is 5.56 Å². The van der Waals surface area contributed by atoms with Crippen molar-refractivity contribution >= 4 is 11.6 Å². The number of hydrazone groups is 1. The summed E-state index contributed by atoms with van der Waals surface area (Å²) in [7, 11) is 3.28. The lowest BCUT2D eigenvalue weighted by molar-refractivity contribution is -0.134. The number of rotatable bonds is 7. The molecule has 7 nitrogen and oxygen atoms in total. The molecule has 0 N–H and O–H groups in total. The molecule has 1 atom stereocenters. The van der Waals surface area contributed by atoms with Gasteiger partial charge in [0.15, 0.2) is 0 Å². The maximum atomic E-state index is 13.5. The molecule has 1 saturated heterocycles. The first kappa shape index (κ1) is 23.3. The molecule has 0 saturated carbocycles. The summed E-state index contributed by atoms with van der Waals surface area (Å²) >= 11 is 0. The van der Waals surface area contributed by atoms with Gasteiger partial charge in [0.25, 0.3) is 5.91 Å². The third-order valence-electron chi connectivity index (χ3n) is 6.62. The Kier molecular flexibility index (Phi) is 7.30. The largest absolute Gasteiger partial charge is 0.497 e. The zero-order chi connectivity index (χ0) is 23.4. The van der Waals surface area contributed by atoms with E-state index < -0.39 is 0 Å². The van der Waals surface area contributed by atoms with Gasteiger partial charge >= 0.3 is 0 Å². The number of carbonyl (C=O) groups is 1. The maximum absolute atomic E-state index is 13.5. The molecular weight excluding hydrogens is 416 g/mol. The fourth-order valence-corrected chi connectivity index (χ4v) is 4.52. The second-order valence-electron chi connectivity index (χ2n) is 8.69. The molecule has 2 aromatic rings. The predicted octanol–water partition coefficient (Wildman–Crippen LogP) is 3.33. The molecule has 2 aliphatic heterocycles. The quantitative estimate of drug-likeness (QED) is 0.648. The molecular formula is C26H34N4O3. The average molecular weight is 451 g/mol. The summed E-state index contributed by atoms with van der Waals surface area (Å²) in [4.78, 5) is 18.1. The van der Waals surface area contributed by atoms with Crippen molar-refractivity contribution < 1.29 is 14.3 Å². The number of benzene rings is 2. The van der Waals surface area contributed by atoms with Gasteiger partial charge in [-0.05, 0) is 31.2 Å². The number of hydrogen-bond acceptors (Lipinski definition) is 6. The third kappa shape index (κ3) is 5.20. The molecule has 0 aliphatic carbocycles. The first-order valence-electron chi connectivity index (χ1n) is 11.7. The lowest BCUT2D eigenvalue weighted by Crippen LogP contribution is -2.49. The van der Waals surface area contributed by atoms with Crippen LogP contribution in [0.25, 0.3) is 0 Å². The Labute approximate surface area is 196 Å². The highest BCUT2D eigenvalue weighted by Crippen LogP contribution is 2.39. The van der Waals surface area contributed by atoms with Crippen LogP contribution in [0.3, 0.4) is 0 Å². The van der Waals surface area contributed by atoms with E-state index in [-0.39, 0.29) is 11.9 Å². The molecule has 0 bridgehead atoms. The van der Waals surface area contributed by atoms with Crippen LogP contribution in [-0.4, -0.2) is 79.9 Å². The van der Waals surface area contributed by atoms with Gasteiger partial charge in [0, 0.05) is 44.2 Å². The van der Waals surface area contributed by atoms with E-state index in [0.29, 0.717) is 18.7 Å². The molecule has 4 rings (SSSR count). The van der Waals surface area contributed by atoms with Crippen molar-refractivity contribution in [1.82, 2.24) is 14.8 Å². The van der Waals surface area contributed by atoms with E-state index in [1.807, 2.05) is 18.2 Å². The fraction of sp³-hybridized carbons (Fsp3) is 0.462. The minimum absolute atomic E-state index is 0.0185. The van der Waals surface area contributed by atoms with Crippen molar-refractivity contribution in [3.05, 3.63) is 59.2 Å². The number of piperazine rings is 1. The number of methoxy groups -OCH3 is 2. The van der Waals surface area contributed by atoms with Gasteiger partial charge in [-0.3, -0.25) is 9.69 Å². The number of aryl methyl sites for hydroxylation is 1. The van der Waals surface area contributed by atoms with Crippen molar-refractivity contribution in [2.75, 3.05) is 53.5 Å². The Bertz CT molecular complexity index is 997. The summed E-state index contributed by atoms with van der Waals surface area (Å²) in [6.45, 7) is 9.47.